The number of nitrogens with zero attached hydrogens (tertiary/aromatic N) is 3. The quantitative estimate of drug-likeness (QED) is 0.206. The minimum atomic E-state index is 0.623. The van der Waals surface area contributed by atoms with Gasteiger partial charge in [0, 0.05) is 33.0 Å². The normalized spacial score (nSPS) is 11.5. The van der Waals surface area contributed by atoms with Crippen molar-refractivity contribution in [1.29, 1.82) is 5.26 Å². The van der Waals surface area contributed by atoms with Crippen molar-refractivity contribution in [3.63, 3.8) is 0 Å². The van der Waals surface area contributed by atoms with Gasteiger partial charge in [0.2, 0.25) is 0 Å². The van der Waals surface area contributed by atoms with Gasteiger partial charge in [0.05, 0.1) is 39.4 Å². The van der Waals surface area contributed by atoms with Crippen molar-refractivity contribution in [2.45, 2.75) is 0 Å². The molecule has 6 aromatic carbocycles. The molecule has 0 aliphatic heterocycles. The molecule has 3 heterocycles. The number of para-hydroxylation sites is 2. The fourth-order valence-corrected chi connectivity index (χ4v) is 6.70. The Hall–Kier alpha value is -6.44. The Labute approximate surface area is 265 Å². The molecule has 0 aliphatic carbocycles. The van der Waals surface area contributed by atoms with Gasteiger partial charge >= 0.3 is 0 Å². The minimum Gasteiger partial charge on any atom is -0.455 e. The van der Waals surface area contributed by atoms with Gasteiger partial charge in [-0.2, -0.15) is 5.26 Å². The summed E-state index contributed by atoms with van der Waals surface area (Å²) < 4.78 is 8.85. The number of hydrogen-bond donors (Lipinski definition) is 0. The van der Waals surface area contributed by atoms with Crippen LogP contribution in [0.5, 0.6) is 0 Å². The van der Waals surface area contributed by atoms with Gasteiger partial charge in [0.1, 0.15) is 11.2 Å². The van der Waals surface area contributed by atoms with E-state index in [4.69, 9.17) is 9.40 Å². The molecule has 0 bridgehead atoms. The largest absolute Gasteiger partial charge is 0.455 e. The summed E-state index contributed by atoms with van der Waals surface area (Å²) in [6, 6.07) is 54.2. The minimum absolute atomic E-state index is 0.623. The van der Waals surface area contributed by atoms with Gasteiger partial charge in [-0.3, -0.25) is 0 Å². The van der Waals surface area contributed by atoms with Crippen LogP contribution in [-0.4, -0.2) is 9.55 Å². The topological polar surface area (TPSA) is 54.8 Å². The molecule has 46 heavy (non-hydrogen) atoms. The number of hydrogen-bond acceptors (Lipinski definition) is 3. The predicted octanol–water partition coefficient (Wildman–Crippen LogP) is 11.0. The van der Waals surface area contributed by atoms with Crippen LogP contribution in [0.1, 0.15) is 5.56 Å². The zero-order valence-electron chi connectivity index (χ0n) is 24.7. The summed E-state index contributed by atoms with van der Waals surface area (Å²) in [5.74, 6) is 0. The number of rotatable bonds is 4. The highest BCUT2D eigenvalue weighted by atomic mass is 16.3. The Kier molecular flexibility index (Phi) is 5.84. The fraction of sp³-hybridized carbons (Fsp3) is 0. The van der Waals surface area contributed by atoms with Crippen molar-refractivity contribution in [1.82, 2.24) is 9.55 Å². The zero-order chi connectivity index (χ0) is 30.6. The van der Waals surface area contributed by atoms with Crippen LogP contribution in [0.3, 0.4) is 0 Å². The molecule has 9 aromatic rings. The molecule has 0 saturated carbocycles. The van der Waals surface area contributed by atoms with Crippen LogP contribution in [0, 0.1) is 11.3 Å². The Morgan fingerprint density at radius 2 is 1.24 bits per heavy atom. The first-order chi connectivity index (χ1) is 22.7. The lowest BCUT2D eigenvalue weighted by atomic mass is 9.98. The molecule has 214 valence electrons. The van der Waals surface area contributed by atoms with Gasteiger partial charge in [-0.05, 0) is 77.9 Å². The second kappa shape index (κ2) is 10.3. The molecule has 0 atom stereocenters. The molecule has 4 nitrogen and oxygen atoms in total. The lowest BCUT2D eigenvalue weighted by Gasteiger charge is -2.14. The average Bonchev–Trinajstić information content (AvgIpc) is 3.68. The van der Waals surface area contributed by atoms with E-state index in [9.17, 15) is 5.26 Å². The SMILES string of the molecule is N#Cc1cccc(-c2cc(-c3cccc(-c4ccccc4)n3)cc(-n3c4ccccc4c4c5oc6ccccc6c5ccc43)c2)c1. The van der Waals surface area contributed by atoms with Crippen molar-refractivity contribution in [3.8, 4) is 45.4 Å². The summed E-state index contributed by atoms with van der Waals surface area (Å²) in [6.45, 7) is 0. The number of fused-ring (bicyclic) bond motifs is 7. The van der Waals surface area contributed by atoms with Crippen molar-refractivity contribution < 1.29 is 4.42 Å². The van der Waals surface area contributed by atoms with E-state index >= 15 is 0 Å². The van der Waals surface area contributed by atoms with Crippen molar-refractivity contribution in [3.05, 3.63) is 157 Å². The maximum Gasteiger partial charge on any atom is 0.145 e. The van der Waals surface area contributed by atoms with Crippen LogP contribution < -0.4 is 0 Å². The summed E-state index contributed by atoms with van der Waals surface area (Å²) in [4.78, 5) is 5.12. The summed E-state index contributed by atoms with van der Waals surface area (Å²) in [7, 11) is 0. The van der Waals surface area contributed by atoms with Crippen LogP contribution in [0.2, 0.25) is 0 Å². The van der Waals surface area contributed by atoms with E-state index in [1.165, 1.54) is 0 Å². The van der Waals surface area contributed by atoms with Gasteiger partial charge in [-0.25, -0.2) is 4.98 Å². The van der Waals surface area contributed by atoms with E-state index in [1.54, 1.807) is 0 Å². The highest BCUT2D eigenvalue weighted by Gasteiger charge is 2.19. The number of furan rings is 1. The average molecular weight is 588 g/mol. The molecule has 0 spiro atoms. The number of benzene rings is 6. The zero-order valence-corrected chi connectivity index (χ0v) is 24.7. The van der Waals surface area contributed by atoms with Gasteiger partial charge in [-0.15, -0.1) is 0 Å². The van der Waals surface area contributed by atoms with Crippen molar-refractivity contribution in [2.75, 3.05) is 0 Å². The summed E-state index contributed by atoms with van der Waals surface area (Å²) in [6.07, 6.45) is 0. The van der Waals surface area contributed by atoms with Gasteiger partial charge < -0.3 is 8.98 Å². The third kappa shape index (κ3) is 4.11. The molecule has 0 N–H and O–H groups in total. The second-order valence-electron chi connectivity index (χ2n) is 11.5. The number of pyridine rings is 1. The molecule has 0 amide bonds. The summed E-state index contributed by atoms with van der Waals surface area (Å²) in [5.41, 5.74) is 11.4. The van der Waals surface area contributed by atoms with E-state index in [2.05, 4.69) is 108 Å². The molecular weight excluding hydrogens is 562 g/mol. The maximum absolute atomic E-state index is 9.69. The maximum atomic E-state index is 9.69. The third-order valence-electron chi connectivity index (χ3n) is 8.80. The van der Waals surface area contributed by atoms with Crippen LogP contribution in [0.25, 0.3) is 83.1 Å². The number of aromatic nitrogens is 2. The molecule has 0 fully saturated rings. The molecule has 3 aromatic heterocycles. The standard InChI is InChI=1S/C42H25N3O/c43-26-27-10-8-13-29(22-27)30-23-31(37-17-9-16-36(44-37)28-11-2-1-3-12-28)25-32(24-30)45-38-18-6-4-15-35(38)41-39(45)21-20-34-33-14-5-7-19-40(33)46-42(34)41/h1-25H. The third-order valence-corrected chi connectivity index (χ3v) is 8.80. The molecule has 9 rings (SSSR count). The first-order valence-corrected chi connectivity index (χ1v) is 15.3. The lowest BCUT2D eigenvalue weighted by Crippen LogP contribution is -1.97. The van der Waals surface area contributed by atoms with Gasteiger partial charge in [-0.1, -0.05) is 84.9 Å². The summed E-state index contributed by atoms with van der Waals surface area (Å²) >= 11 is 0. The van der Waals surface area contributed by atoms with E-state index < -0.39 is 0 Å². The molecule has 0 aliphatic rings. The molecule has 4 heteroatoms. The van der Waals surface area contributed by atoms with Crippen molar-refractivity contribution >= 4 is 43.7 Å². The van der Waals surface area contributed by atoms with Crippen LogP contribution >= 0.6 is 0 Å². The van der Waals surface area contributed by atoms with Gasteiger partial charge in [0.25, 0.3) is 0 Å². The van der Waals surface area contributed by atoms with Crippen molar-refractivity contribution in [2.24, 2.45) is 0 Å². The van der Waals surface area contributed by atoms with E-state index in [0.717, 1.165) is 83.1 Å². The van der Waals surface area contributed by atoms with Crippen LogP contribution in [-0.2, 0) is 0 Å². The second-order valence-corrected chi connectivity index (χ2v) is 11.5. The monoisotopic (exact) mass is 587 g/mol. The van der Waals surface area contributed by atoms with Gasteiger partial charge in [0.15, 0.2) is 0 Å². The molecule has 0 radical (unpaired) electrons. The lowest BCUT2D eigenvalue weighted by molar-refractivity contribution is 0.673. The molecule has 0 unspecified atom stereocenters. The Morgan fingerprint density at radius 3 is 2.11 bits per heavy atom. The van der Waals surface area contributed by atoms with E-state index in [-0.39, 0.29) is 0 Å². The fourth-order valence-electron chi connectivity index (χ4n) is 6.70. The Morgan fingerprint density at radius 1 is 0.522 bits per heavy atom. The highest BCUT2D eigenvalue weighted by molar-refractivity contribution is 6.23. The molecule has 0 saturated heterocycles. The Bertz CT molecular complexity index is 2660. The van der Waals surface area contributed by atoms with Crippen LogP contribution in [0.4, 0.5) is 0 Å². The summed E-state index contributed by atoms with van der Waals surface area (Å²) in [5, 5.41) is 14.1. The first-order valence-electron chi connectivity index (χ1n) is 15.3. The Balaban J connectivity index is 1.34. The highest BCUT2D eigenvalue weighted by Crippen LogP contribution is 2.41. The van der Waals surface area contributed by atoms with E-state index in [1.807, 2.05) is 54.6 Å². The van der Waals surface area contributed by atoms with E-state index in [0.29, 0.717) is 5.56 Å². The van der Waals surface area contributed by atoms with Crippen LogP contribution in [0.15, 0.2) is 156 Å². The molecular formula is C42H25N3O. The first kappa shape index (κ1) is 26.0. The number of nitriles is 1. The smallest absolute Gasteiger partial charge is 0.145 e. The predicted molar refractivity (Wildman–Crippen MR) is 187 cm³/mol.